The number of nitrogens with zero attached hydrogens (tertiary/aromatic N) is 3. The number of hydrogen-bond donors (Lipinski definition) is 1. The van der Waals surface area contributed by atoms with E-state index in [1.165, 1.54) is 11.6 Å². The fraction of sp³-hybridized carbons (Fsp3) is 0.556. The number of carbonyl (C=O) groups is 2. The minimum absolute atomic E-state index is 0.0258. The van der Waals surface area contributed by atoms with Gasteiger partial charge in [-0.15, -0.1) is 5.10 Å². The number of hydrogen-bond acceptors (Lipinski definition) is 7. The molecule has 1 N–H and O–H groups in total. The second-order valence-electron chi connectivity index (χ2n) is 9.60. The van der Waals surface area contributed by atoms with Gasteiger partial charge in [-0.1, -0.05) is 34.6 Å². The van der Waals surface area contributed by atoms with Crippen LogP contribution in [0.1, 0.15) is 87.1 Å². The first-order chi connectivity index (χ1) is 16.5. The Morgan fingerprint density at radius 1 is 1.14 bits per heavy atom. The molecule has 0 aliphatic heterocycles. The van der Waals surface area contributed by atoms with Crippen molar-refractivity contribution in [3.63, 3.8) is 0 Å². The topological polar surface area (TPSA) is 103 Å². The van der Waals surface area contributed by atoms with E-state index < -0.39 is 0 Å². The van der Waals surface area contributed by atoms with Crippen LogP contribution in [-0.4, -0.2) is 52.4 Å². The average Bonchev–Trinajstić information content (AvgIpc) is 2.81. The van der Waals surface area contributed by atoms with Gasteiger partial charge < -0.3 is 14.6 Å². The molecule has 0 fully saturated rings. The lowest BCUT2D eigenvalue weighted by atomic mass is 9.85. The van der Waals surface area contributed by atoms with Gasteiger partial charge in [0.2, 0.25) is 11.8 Å². The first-order valence-corrected chi connectivity index (χ1v) is 12.2. The Labute approximate surface area is 208 Å². The van der Waals surface area contributed by atoms with Crippen LogP contribution in [0.25, 0.3) is 0 Å². The van der Waals surface area contributed by atoms with E-state index in [4.69, 9.17) is 14.6 Å². The first kappa shape index (κ1) is 28.2. The third kappa shape index (κ3) is 8.02. The molecule has 0 aliphatic rings. The van der Waals surface area contributed by atoms with Crippen molar-refractivity contribution >= 4 is 11.7 Å². The zero-order chi connectivity index (χ0) is 26.2. The molecule has 2 rings (SSSR count). The Kier molecular flexibility index (Phi) is 10.2. The van der Waals surface area contributed by atoms with Crippen molar-refractivity contribution in [1.29, 1.82) is 0 Å². The number of aryl methyl sites for hydroxylation is 1. The van der Waals surface area contributed by atoms with Gasteiger partial charge in [0.25, 0.3) is 0 Å². The molecular weight excluding hydrogens is 446 g/mol. The van der Waals surface area contributed by atoms with E-state index in [0.717, 1.165) is 24.0 Å². The van der Waals surface area contributed by atoms with Crippen LogP contribution in [0.3, 0.4) is 0 Å². The zero-order valence-corrected chi connectivity index (χ0v) is 22.1. The lowest BCUT2D eigenvalue weighted by molar-refractivity contribution is 0.0903. The van der Waals surface area contributed by atoms with Crippen LogP contribution in [-0.2, 0) is 5.41 Å². The normalized spacial score (nSPS) is 12.2. The number of aliphatic hydroxyl groups is 1. The molecule has 2 aromatic rings. The van der Waals surface area contributed by atoms with Crippen LogP contribution in [0.5, 0.6) is 11.6 Å². The van der Waals surface area contributed by atoms with Crippen LogP contribution in [0.2, 0.25) is 0 Å². The SMILES string of the molecule is CCC(CC)Oc1cc(C)c(=NCCC(=O)c2cc(OCCO)cc(C(C)(C)C)c2)n(C(C)=O)n1. The number of rotatable bonds is 11. The summed E-state index contributed by atoms with van der Waals surface area (Å²) in [6.07, 6.45) is 1.87. The highest BCUT2D eigenvalue weighted by Crippen LogP contribution is 2.28. The highest BCUT2D eigenvalue weighted by Gasteiger charge is 2.18. The maximum Gasteiger partial charge on any atom is 0.245 e. The second-order valence-corrected chi connectivity index (χ2v) is 9.60. The number of aromatic nitrogens is 2. The number of carbonyl (C=O) groups excluding carboxylic acids is 2. The van der Waals surface area contributed by atoms with E-state index in [0.29, 0.717) is 22.7 Å². The van der Waals surface area contributed by atoms with Crippen molar-refractivity contribution < 1.29 is 24.2 Å². The van der Waals surface area contributed by atoms with Crippen molar-refractivity contribution in [2.24, 2.45) is 4.99 Å². The Morgan fingerprint density at radius 3 is 2.40 bits per heavy atom. The molecule has 35 heavy (non-hydrogen) atoms. The lowest BCUT2D eigenvalue weighted by Crippen LogP contribution is -2.31. The van der Waals surface area contributed by atoms with Gasteiger partial charge in [0.15, 0.2) is 11.3 Å². The minimum atomic E-state index is -0.281. The highest BCUT2D eigenvalue weighted by atomic mass is 16.5. The van der Waals surface area contributed by atoms with Crippen LogP contribution >= 0.6 is 0 Å². The van der Waals surface area contributed by atoms with Crippen LogP contribution in [0.15, 0.2) is 29.3 Å². The van der Waals surface area contributed by atoms with Crippen molar-refractivity contribution in [2.45, 2.75) is 79.2 Å². The molecule has 0 spiro atoms. The van der Waals surface area contributed by atoms with E-state index >= 15 is 0 Å². The Hall–Kier alpha value is -3.00. The summed E-state index contributed by atoms with van der Waals surface area (Å²) in [4.78, 5) is 29.8. The smallest absolute Gasteiger partial charge is 0.245 e. The van der Waals surface area contributed by atoms with Crippen LogP contribution in [0, 0.1) is 6.92 Å². The van der Waals surface area contributed by atoms with Crippen molar-refractivity contribution in [3.8, 4) is 11.6 Å². The fourth-order valence-corrected chi connectivity index (χ4v) is 3.53. The molecule has 0 atom stereocenters. The minimum Gasteiger partial charge on any atom is -0.491 e. The molecule has 0 amide bonds. The van der Waals surface area contributed by atoms with E-state index in [-0.39, 0.29) is 49.4 Å². The first-order valence-electron chi connectivity index (χ1n) is 12.2. The van der Waals surface area contributed by atoms with Gasteiger partial charge in [-0.2, -0.15) is 4.68 Å². The van der Waals surface area contributed by atoms with Gasteiger partial charge in [0.1, 0.15) is 12.4 Å². The summed E-state index contributed by atoms with van der Waals surface area (Å²) in [7, 11) is 0. The predicted octanol–water partition coefficient (Wildman–Crippen LogP) is 4.26. The quantitative estimate of drug-likeness (QED) is 0.477. The van der Waals surface area contributed by atoms with Gasteiger partial charge in [0.05, 0.1) is 12.7 Å². The van der Waals surface area contributed by atoms with E-state index in [1.54, 1.807) is 12.1 Å². The molecule has 0 saturated heterocycles. The molecule has 0 radical (unpaired) electrons. The van der Waals surface area contributed by atoms with Crippen molar-refractivity contribution in [1.82, 2.24) is 9.78 Å². The van der Waals surface area contributed by atoms with Gasteiger partial charge in [-0.05, 0) is 54.5 Å². The largest absolute Gasteiger partial charge is 0.491 e. The summed E-state index contributed by atoms with van der Waals surface area (Å²) in [5.74, 6) is 0.573. The van der Waals surface area contributed by atoms with Gasteiger partial charge in [0, 0.05) is 31.5 Å². The Balaban J connectivity index is 2.29. The summed E-state index contributed by atoms with van der Waals surface area (Å²) in [6.45, 7) is 13.8. The Morgan fingerprint density at radius 2 is 1.83 bits per heavy atom. The average molecular weight is 486 g/mol. The molecule has 0 unspecified atom stereocenters. The van der Waals surface area contributed by atoms with Crippen molar-refractivity contribution in [3.05, 3.63) is 46.4 Å². The molecule has 8 heteroatoms. The van der Waals surface area contributed by atoms with E-state index in [9.17, 15) is 9.59 Å². The number of ketones is 1. The monoisotopic (exact) mass is 485 g/mol. The molecule has 1 heterocycles. The summed E-state index contributed by atoms with van der Waals surface area (Å²) >= 11 is 0. The summed E-state index contributed by atoms with van der Waals surface area (Å²) in [5.41, 5.74) is 2.49. The fourth-order valence-electron chi connectivity index (χ4n) is 3.53. The van der Waals surface area contributed by atoms with E-state index in [2.05, 4.69) is 30.9 Å². The van der Waals surface area contributed by atoms with Gasteiger partial charge in [-0.25, -0.2) is 0 Å². The highest BCUT2D eigenvalue weighted by molar-refractivity contribution is 5.96. The Bertz CT molecular complexity index is 1090. The molecule has 1 aromatic heterocycles. The van der Waals surface area contributed by atoms with Gasteiger partial charge >= 0.3 is 0 Å². The summed E-state index contributed by atoms with van der Waals surface area (Å²) in [6, 6.07) is 7.24. The zero-order valence-electron chi connectivity index (χ0n) is 22.1. The third-order valence-electron chi connectivity index (χ3n) is 5.64. The molecule has 0 aliphatic carbocycles. The van der Waals surface area contributed by atoms with Crippen molar-refractivity contribution in [2.75, 3.05) is 19.8 Å². The summed E-state index contributed by atoms with van der Waals surface area (Å²) < 4.78 is 12.7. The molecule has 8 nitrogen and oxygen atoms in total. The molecule has 0 bridgehead atoms. The maximum atomic E-state index is 13.0. The lowest BCUT2D eigenvalue weighted by Gasteiger charge is -2.21. The molecule has 192 valence electrons. The third-order valence-corrected chi connectivity index (χ3v) is 5.64. The number of benzene rings is 1. The molecular formula is C27H39N3O5. The predicted molar refractivity (Wildman–Crippen MR) is 135 cm³/mol. The van der Waals surface area contributed by atoms with Crippen LogP contribution < -0.4 is 15.0 Å². The maximum absolute atomic E-state index is 13.0. The van der Waals surface area contributed by atoms with Gasteiger partial charge in [-0.3, -0.25) is 14.6 Å². The second kappa shape index (κ2) is 12.6. The number of ether oxygens (including phenoxy) is 2. The molecule has 0 saturated carbocycles. The standard InChI is InChI=1S/C27H39N3O5/c1-8-22(9-2)35-25-14-18(3)26(30(29-25)19(4)32)28-11-10-24(33)20-15-21(27(5,6)7)17-23(16-20)34-13-12-31/h14-17,22,31H,8-13H2,1-7H3. The molecule has 1 aromatic carbocycles. The number of Topliss-reactive ketones (excluding diaryl/α,β-unsaturated/α-hetero) is 1. The summed E-state index contributed by atoms with van der Waals surface area (Å²) in [5, 5.41) is 13.4. The number of aliphatic hydroxyl groups excluding tert-OH is 1. The van der Waals surface area contributed by atoms with E-state index in [1.807, 2.05) is 32.9 Å². The van der Waals surface area contributed by atoms with Crippen LogP contribution in [0.4, 0.5) is 0 Å².